The second-order valence-electron chi connectivity index (χ2n) is 6.06. The molecule has 1 aromatic rings. The molecule has 1 atom stereocenters. The molecule has 0 aliphatic carbocycles. The van der Waals surface area contributed by atoms with Crippen molar-refractivity contribution in [1.82, 2.24) is 4.90 Å². The predicted molar refractivity (Wildman–Crippen MR) is 80.8 cm³/mol. The maximum absolute atomic E-state index is 11.5. The number of aryl methyl sites for hydroxylation is 1. The highest BCUT2D eigenvalue weighted by molar-refractivity contribution is 5.74. The maximum Gasteiger partial charge on any atom is 0.309 e. The van der Waals surface area contributed by atoms with Crippen LogP contribution in [0, 0.1) is 12.3 Å². The molecule has 1 aliphatic rings. The van der Waals surface area contributed by atoms with Gasteiger partial charge in [0.2, 0.25) is 0 Å². The molecule has 1 unspecified atom stereocenters. The summed E-state index contributed by atoms with van der Waals surface area (Å²) in [5.41, 5.74) is 2.09. The summed E-state index contributed by atoms with van der Waals surface area (Å²) in [5.74, 6) is -0.623. The first-order valence-electron chi connectivity index (χ1n) is 7.52. The first-order valence-corrected chi connectivity index (χ1v) is 7.52. The lowest BCUT2D eigenvalue weighted by molar-refractivity contribution is -0.152. The van der Waals surface area contributed by atoms with Gasteiger partial charge in [0.05, 0.1) is 5.41 Å². The smallest absolute Gasteiger partial charge is 0.309 e. The molecule has 110 valence electrons. The van der Waals surface area contributed by atoms with Gasteiger partial charge < -0.3 is 5.11 Å². The number of likely N-dealkylation sites (tertiary alicyclic amines) is 1. The molecule has 2 rings (SSSR count). The topological polar surface area (TPSA) is 40.5 Å². The van der Waals surface area contributed by atoms with Gasteiger partial charge in [-0.1, -0.05) is 36.8 Å². The fourth-order valence-corrected chi connectivity index (χ4v) is 3.11. The summed E-state index contributed by atoms with van der Waals surface area (Å²) in [6.07, 6.45) is 2.25. The minimum absolute atomic E-state index is 0.360. The Morgan fingerprint density at radius 1 is 1.30 bits per heavy atom. The van der Waals surface area contributed by atoms with E-state index in [0.717, 1.165) is 32.4 Å². The minimum Gasteiger partial charge on any atom is -0.481 e. The van der Waals surface area contributed by atoms with Gasteiger partial charge in [0.15, 0.2) is 0 Å². The van der Waals surface area contributed by atoms with E-state index in [1.807, 2.05) is 6.92 Å². The molecule has 0 amide bonds. The van der Waals surface area contributed by atoms with Gasteiger partial charge >= 0.3 is 5.97 Å². The summed E-state index contributed by atoms with van der Waals surface area (Å²) in [6, 6.07) is 9.00. The number of hydrogen-bond acceptors (Lipinski definition) is 2. The Bertz CT molecular complexity index is 458. The molecule has 3 heteroatoms. The summed E-state index contributed by atoms with van der Waals surface area (Å²) in [5, 5.41) is 9.44. The molecule has 1 heterocycles. The van der Waals surface area contributed by atoms with E-state index in [9.17, 15) is 9.90 Å². The van der Waals surface area contributed by atoms with Crippen LogP contribution in [0.1, 0.15) is 50.3 Å². The summed E-state index contributed by atoms with van der Waals surface area (Å²) < 4.78 is 0. The number of hydrogen-bond donors (Lipinski definition) is 1. The zero-order valence-electron chi connectivity index (χ0n) is 12.7. The van der Waals surface area contributed by atoms with Gasteiger partial charge in [-0.2, -0.15) is 0 Å². The number of rotatable bonds is 4. The first kappa shape index (κ1) is 15.0. The molecular formula is C17H25NO2. The van der Waals surface area contributed by atoms with Crippen molar-refractivity contribution >= 4 is 5.97 Å². The van der Waals surface area contributed by atoms with E-state index >= 15 is 0 Å². The van der Waals surface area contributed by atoms with E-state index in [1.165, 1.54) is 11.1 Å². The van der Waals surface area contributed by atoms with Crippen molar-refractivity contribution in [1.29, 1.82) is 0 Å². The normalized spacial score (nSPS) is 20.6. The Labute approximate surface area is 121 Å². The van der Waals surface area contributed by atoms with Crippen molar-refractivity contribution in [3.8, 4) is 0 Å². The van der Waals surface area contributed by atoms with Crippen LogP contribution < -0.4 is 0 Å². The number of aliphatic carboxylic acids is 1. The quantitative estimate of drug-likeness (QED) is 0.912. The predicted octanol–water partition coefficient (Wildman–Crippen LogP) is 3.63. The van der Waals surface area contributed by atoms with Crippen LogP contribution in [-0.4, -0.2) is 29.1 Å². The number of nitrogens with zero attached hydrogens (tertiary/aromatic N) is 1. The van der Waals surface area contributed by atoms with Crippen LogP contribution in [0.2, 0.25) is 0 Å². The molecule has 1 saturated heterocycles. The molecule has 0 spiro atoms. The van der Waals surface area contributed by atoms with Crippen molar-refractivity contribution in [2.75, 3.05) is 13.1 Å². The molecule has 1 fully saturated rings. The van der Waals surface area contributed by atoms with Crippen molar-refractivity contribution in [2.45, 2.75) is 46.1 Å². The molecule has 1 aromatic carbocycles. The first-order chi connectivity index (χ1) is 9.48. The van der Waals surface area contributed by atoms with Crippen molar-refractivity contribution in [3.63, 3.8) is 0 Å². The molecule has 1 N–H and O–H groups in total. The van der Waals surface area contributed by atoms with Gasteiger partial charge in [-0.3, -0.25) is 9.69 Å². The average Bonchev–Trinajstić information content (AvgIpc) is 2.47. The Morgan fingerprint density at radius 2 is 1.85 bits per heavy atom. The minimum atomic E-state index is -0.623. The SMILES string of the molecule is CCC1(C(=O)O)CCN(C(C)c2ccc(C)cc2)CC1. The lowest BCUT2D eigenvalue weighted by Crippen LogP contribution is -2.44. The van der Waals surface area contributed by atoms with Gasteiger partial charge in [0.25, 0.3) is 0 Å². The molecule has 20 heavy (non-hydrogen) atoms. The van der Waals surface area contributed by atoms with E-state index in [0.29, 0.717) is 6.04 Å². The fraction of sp³-hybridized carbons (Fsp3) is 0.588. The Morgan fingerprint density at radius 3 is 2.30 bits per heavy atom. The van der Waals surface area contributed by atoms with E-state index in [4.69, 9.17) is 0 Å². The van der Waals surface area contributed by atoms with Crippen LogP contribution in [0.3, 0.4) is 0 Å². The van der Waals surface area contributed by atoms with Crippen LogP contribution >= 0.6 is 0 Å². The molecule has 0 saturated carbocycles. The third-order valence-electron chi connectivity index (χ3n) is 4.99. The van der Waals surface area contributed by atoms with Gasteiger partial charge in [-0.05, 0) is 51.8 Å². The van der Waals surface area contributed by atoms with Crippen LogP contribution in [0.25, 0.3) is 0 Å². The van der Waals surface area contributed by atoms with Gasteiger partial charge in [-0.25, -0.2) is 0 Å². The third-order valence-corrected chi connectivity index (χ3v) is 4.99. The number of carbonyl (C=O) groups is 1. The van der Waals surface area contributed by atoms with Crippen LogP contribution in [-0.2, 0) is 4.79 Å². The largest absolute Gasteiger partial charge is 0.481 e. The molecular weight excluding hydrogens is 250 g/mol. The summed E-state index contributed by atoms with van der Waals surface area (Å²) >= 11 is 0. The van der Waals surface area contributed by atoms with E-state index in [-0.39, 0.29) is 0 Å². The maximum atomic E-state index is 11.5. The Hall–Kier alpha value is -1.35. The highest BCUT2D eigenvalue weighted by Gasteiger charge is 2.40. The lowest BCUT2D eigenvalue weighted by atomic mass is 9.76. The molecule has 3 nitrogen and oxygen atoms in total. The second-order valence-corrected chi connectivity index (χ2v) is 6.06. The van der Waals surface area contributed by atoms with Gasteiger partial charge in [-0.15, -0.1) is 0 Å². The van der Waals surface area contributed by atoms with Crippen LogP contribution in [0.15, 0.2) is 24.3 Å². The number of piperidine rings is 1. The second kappa shape index (κ2) is 5.96. The molecule has 0 aromatic heterocycles. The number of benzene rings is 1. The third kappa shape index (κ3) is 2.88. The standard InChI is InChI=1S/C17H25NO2/c1-4-17(16(19)20)9-11-18(12-10-17)14(3)15-7-5-13(2)6-8-15/h5-8,14H,4,9-12H2,1-3H3,(H,19,20). The average molecular weight is 275 g/mol. The van der Waals surface area contributed by atoms with E-state index in [2.05, 4.69) is 43.0 Å². The van der Waals surface area contributed by atoms with Crippen LogP contribution in [0.4, 0.5) is 0 Å². The molecule has 1 aliphatic heterocycles. The van der Waals surface area contributed by atoms with E-state index in [1.54, 1.807) is 0 Å². The number of carboxylic acids is 1. The molecule has 0 bridgehead atoms. The number of carboxylic acid groups (broad SMARTS) is 1. The zero-order chi connectivity index (χ0) is 14.8. The molecule has 0 radical (unpaired) electrons. The van der Waals surface area contributed by atoms with Crippen LogP contribution in [0.5, 0.6) is 0 Å². The van der Waals surface area contributed by atoms with Gasteiger partial charge in [0.1, 0.15) is 0 Å². The van der Waals surface area contributed by atoms with Crippen molar-refractivity contribution in [2.24, 2.45) is 5.41 Å². The summed E-state index contributed by atoms with van der Waals surface area (Å²) in [4.78, 5) is 13.9. The highest BCUT2D eigenvalue weighted by Crippen LogP contribution is 2.37. The lowest BCUT2D eigenvalue weighted by Gasteiger charge is -2.41. The Balaban J connectivity index is 2.03. The fourth-order valence-electron chi connectivity index (χ4n) is 3.11. The summed E-state index contributed by atoms with van der Waals surface area (Å²) in [7, 11) is 0. The van der Waals surface area contributed by atoms with Gasteiger partial charge in [0, 0.05) is 6.04 Å². The highest BCUT2D eigenvalue weighted by atomic mass is 16.4. The van der Waals surface area contributed by atoms with E-state index < -0.39 is 11.4 Å². The zero-order valence-corrected chi connectivity index (χ0v) is 12.7. The van der Waals surface area contributed by atoms with Crippen molar-refractivity contribution in [3.05, 3.63) is 35.4 Å². The monoisotopic (exact) mass is 275 g/mol. The summed E-state index contributed by atoms with van der Waals surface area (Å²) in [6.45, 7) is 8.04. The Kier molecular flexibility index (Phi) is 4.48. The van der Waals surface area contributed by atoms with Crippen molar-refractivity contribution < 1.29 is 9.90 Å².